The molecule has 0 aliphatic heterocycles. The molecule has 0 saturated carbocycles. The van der Waals surface area contributed by atoms with Crippen molar-refractivity contribution in [1.82, 2.24) is 0 Å². The van der Waals surface area contributed by atoms with E-state index < -0.39 is 17.5 Å². The highest BCUT2D eigenvalue weighted by Gasteiger charge is 2.13. The van der Waals surface area contributed by atoms with Gasteiger partial charge in [0.05, 0.1) is 12.2 Å². The lowest BCUT2D eigenvalue weighted by molar-refractivity contribution is 0.340. The quantitative estimate of drug-likeness (QED) is 0.530. The van der Waals surface area contributed by atoms with Gasteiger partial charge in [0.1, 0.15) is 23.2 Å². The van der Waals surface area contributed by atoms with Crippen molar-refractivity contribution in [2.24, 2.45) is 0 Å². The summed E-state index contributed by atoms with van der Waals surface area (Å²) in [6, 6.07) is 15.5. The number of hydrogen-bond donors (Lipinski definition) is 0. The van der Waals surface area contributed by atoms with Gasteiger partial charge in [-0.15, -0.1) is 0 Å². The lowest BCUT2D eigenvalue weighted by Crippen LogP contribution is -1.97. The van der Waals surface area contributed by atoms with Crippen molar-refractivity contribution in [2.75, 3.05) is 6.61 Å². The maximum absolute atomic E-state index is 14.4. The lowest BCUT2D eigenvalue weighted by atomic mass is 9.99. The van der Waals surface area contributed by atoms with Gasteiger partial charge in [0.2, 0.25) is 0 Å². The second kappa shape index (κ2) is 8.09. The van der Waals surface area contributed by atoms with Crippen LogP contribution in [0.3, 0.4) is 0 Å². The van der Waals surface area contributed by atoms with Crippen LogP contribution in [0.5, 0.6) is 5.75 Å². The van der Waals surface area contributed by atoms with Gasteiger partial charge in [0.15, 0.2) is 0 Å². The highest BCUT2D eigenvalue weighted by Crippen LogP contribution is 2.28. The fourth-order valence-corrected chi connectivity index (χ4v) is 2.87. The molecule has 1 nitrogen and oxygen atoms in total. The third-order valence-corrected chi connectivity index (χ3v) is 4.17. The monoisotopic (exact) mass is 356 g/mol. The van der Waals surface area contributed by atoms with Crippen molar-refractivity contribution in [3.63, 3.8) is 0 Å². The molecular formula is C22H19F3O. The molecule has 3 aromatic carbocycles. The van der Waals surface area contributed by atoms with Crippen LogP contribution in [0.15, 0.2) is 60.7 Å². The van der Waals surface area contributed by atoms with Crippen LogP contribution in [-0.2, 0) is 12.8 Å². The van der Waals surface area contributed by atoms with Crippen LogP contribution in [-0.4, -0.2) is 6.61 Å². The first-order valence-corrected chi connectivity index (χ1v) is 8.52. The van der Waals surface area contributed by atoms with E-state index in [4.69, 9.17) is 4.74 Å². The summed E-state index contributed by atoms with van der Waals surface area (Å²) in [6.45, 7) is 2.53. The zero-order chi connectivity index (χ0) is 18.5. The average molecular weight is 356 g/mol. The summed E-state index contributed by atoms with van der Waals surface area (Å²) in [4.78, 5) is 0. The molecule has 0 spiro atoms. The Morgan fingerprint density at radius 1 is 0.731 bits per heavy atom. The predicted octanol–water partition coefficient (Wildman–Crippen LogP) is 5.95. The van der Waals surface area contributed by atoms with Crippen molar-refractivity contribution >= 4 is 0 Å². The molecule has 4 heteroatoms. The van der Waals surface area contributed by atoms with Crippen LogP contribution in [0.2, 0.25) is 0 Å². The van der Waals surface area contributed by atoms with E-state index in [0.717, 1.165) is 11.3 Å². The van der Waals surface area contributed by atoms with Gasteiger partial charge in [0.25, 0.3) is 0 Å². The summed E-state index contributed by atoms with van der Waals surface area (Å²) in [5.74, 6) is -0.921. The van der Waals surface area contributed by atoms with E-state index in [1.807, 2.05) is 31.2 Å². The van der Waals surface area contributed by atoms with E-state index in [1.54, 1.807) is 0 Å². The van der Waals surface area contributed by atoms with Gasteiger partial charge >= 0.3 is 0 Å². The topological polar surface area (TPSA) is 9.23 Å². The molecule has 0 aromatic heterocycles. The largest absolute Gasteiger partial charge is 0.494 e. The molecule has 0 unspecified atom stereocenters. The Morgan fingerprint density at radius 3 is 1.88 bits per heavy atom. The Hall–Kier alpha value is -2.75. The van der Waals surface area contributed by atoms with Gasteiger partial charge < -0.3 is 4.74 Å². The molecule has 134 valence electrons. The van der Waals surface area contributed by atoms with Gasteiger partial charge in [-0.05, 0) is 72.9 Å². The maximum Gasteiger partial charge on any atom is 0.134 e. The predicted molar refractivity (Wildman–Crippen MR) is 96.8 cm³/mol. The number of hydrogen-bond acceptors (Lipinski definition) is 1. The summed E-state index contributed by atoms with van der Waals surface area (Å²) in [5, 5.41) is 0. The minimum atomic E-state index is -0.640. The van der Waals surface area contributed by atoms with Crippen LogP contribution in [0.25, 0.3) is 11.1 Å². The normalized spacial score (nSPS) is 10.8. The van der Waals surface area contributed by atoms with Gasteiger partial charge in [0, 0.05) is 0 Å². The van der Waals surface area contributed by atoms with Crippen molar-refractivity contribution in [3.8, 4) is 16.9 Å². The van der Waals surface area contributed by atoms with E-state index in [0.29, 0.717) is 30.6 Å². The van der Waals surface area contributed by atoms with Crippen molar-refractivity contribution in [3.05, 3.63) is 89.2 Å². The van der Waals surface area contributed by atoms with Gasteiger partial charge in [-0.2, -0.15) is 0 Å². The smallest absolute Gasteiger partial charge is 0.134 e. The van der Waals surface area contributed by atoms with Gasteiger partial charge in [-0.1, -0.05) is 24.3 Å². The number of halogens is 3. The molecule has 3 rings (SSSR count). The number of aryl methyl sites for hydroxylation is 2. The van der Waals surface area contributed by atoms with Crippen LogP contribution in [0, 0.1) is 17.5 Å². The first-order valence-electron chi connectivity index (χ1n) is 8.52. The second-order valence-corrected chi connectivity index (χ2v) is 6.02. The SMILES string of the molecule is CCOc1ccc(CCc2cc(F)c(-c3ccc(F)cc3)c(F)c2)cc1. The number of benzene rings is 3. The fraction of sp³-hybridized carbons (Fsp3) is 0.182. The molecule has 0 atom stereocenters. The highest BCUT2D eigenvalue weighted by atomic mass is 19.1. The standard InChI is InChI=1S/C22H19F3O/c1-2-26-19-11-5-15(6-12-19)3-4-16-13-20(24)22(21(25)14-16)17-7-9-18(23)10-8-17/h5-14H,2-4H2,1H3. The molecule has 0 N–H and O–H groups in total. The van der Waals surface area contributed by atoms with Crippen LogP contribution < -0.4 is 4.74 Å². The van der Waals surface area contributed by atoms with Crippen LogP contribution in [0.4, 0.5) is 13.2 Å². The summed E-state index contributed by atoms with van der Waals surface area (Å²) >= 11 is 0. The molecule has 0 aliphatic rings. The molecule has 0 aliphatic carbocycles. The lowest BCUT2D eigenvalue weighted by Gasteiger charge is -2.09. The molecule has 0 fully saturated rings. The van der Waals surface area contributed by atoms with Crippen molar-refractivity contribution in [1.29, 1.82) is 0 Å². The average Bonchev–Trinajstić information content (AvgIpc) is 2.62. The Balaban J connectivity index is 1.74. The van der Waals surface area contributed by atoms with Crippen LogP contribution >= 0.6 is 0 Å². The third-order valence-electron chi connectivity index (χ3n) is 4.17. The van der Waals surface area contributed by atoms with Crippen LogP contribution in [0.1, 0.15) is 18.1 Å². The minimum Gasteiger partial charge on any atom is -0.494 e. The Morgan fingerprint density at radius 2 is 1.31 bits per heavy atom. The first kappa shape index (κ1) is 18.1. The molecular weight excluding hydrogens is 337 g/mol. The maximum atomic E-state index is 14.4. The van der Waals surface area contributed by atoms with E-state index in [1.165, 1.54) is 36.4 Å². The third kappa shape index (κ3) is 4.26. The Bertz CT molecular complexity index is 848. The zero-order valence-corrected chi connectivity index (χ0v) is 14.4. The molecule has 0 saturated heterocycles. The number of rotatable bonds is 6. The van der Waals surface area contributed by atoms with E-state index in [2.05, 4.69) is 0 Å². The minimum absolute atomic E-state index is 0.130. The summed E-state index contributed by atoms with van der Waals surface area (Å²) < 4.78 is 47.2. The fourth-order valence-electron chi connectivity index (χ4n) is 2.87. The van der Waals surface area contributed by atoms with E-state index in [9.17, 15) is 13.2 Å². The first-order chi connectivity index (χ1) is 12.6. The second-order valence-electron chi connectivity index (χ2n) is 6.02. The highest BCUT2D eigenvalue weighted by molar-refractivity contribution is 5.65. The summed E-state index contributed by atoms with van der Waals surface area (Å²) in [6.07, 6.45) is 1.19. The van der Waals surface area contributed by atoms with E-state index in [-0.39, 0.29) is 5.56 Å². The van der Waals surface area contributed by atoms with Crippen molar-refractivity contribution < 1.29 is 17.9 Å². The molecule has 0 radical (unpaired) electrons. The van der Waals surface area contributed by atoms with Gasteiger partial charge in [-0.3, -0.25) is 0 Å². The molecule has 0 bridgehead atoms. The zero-order valence-electron chi connectivity index (χ0n) is 14.4. The molecule has 3 aromatic rings. The molecule has 0 amide bonds. The Labute approximate surface area is 151 Å². The number of ether oxygens (including phenoxy) is 1. The Kier molecular flexibility index (Phi) is 5.61. The molecule has 0 heterocycles. The summed E-state index contributed by atoms with van der Waals surface area (Å²) in [7, 11) is 0. The van der Waals surface area contributed by atoms with Crippen molar-refractivity contribution in [2.45, 2.75) is 19.8 Å². The van der Waals surface area contributed by atoms with E-state index >= 15 is 0 Å². The summed E-state index contributed by atoms with van der Waals surface area (Å²) in [5.41, 5.74) is 1.84. The van der Waals surface area contributed by atoms with Gasteiger partial charge in [-0.25, -0.2) is 13.2 Å². The molecule has 26 heavy (non-hydrogen) atoms.